The van der Waals surface area contributed by atoms with E-state index in [9.17, 15) is 9.59 Å². The Morgan fingerprint density at radius 2 is 1.73 bits per heavy atom. The molecule has 0 saturated carbocycles. The van der Waals surface area contributed by atoms with Crippen LogP contribution in [0.1, 0.15) is 26.7 Å². The van der Waals surface area contributed by atoms with Gasteiger partial charge in [0.2, 0.25) is 11.8 Å². The summed E-state index contributed by atoms with van der Waals surface area (Å²) < 4.78 is 0. The molecule has 0 spiro atoms. The van der Waals surface area contributed by atoms with E-state index in [0.29, 0.717) is 38.4 Å². The SMILES string of the molecule is CC(C)CC(=O)NCCC(=O)NCCN. The molecule has 0 aliphatic carbocycles. The second-order valence-electron chi connectivity index (χ2n) is 3.84. The zero-order chi connectivity index (χ0) is 11.7. The summed E-state index contributed by atoms with van der Waals surface area (Å²) >= 11 is 0. The number of nitrogens with one attached hydrogen (secondary N) is 2. The van der Waals surface area contributed by atoms with Crippen molar-refractivity contribution in [1.29, 1.82) is 0 Å². The van der Waals surface area contributed by atoms with Gasteiger partial charge in [-0.25, -0.2) is 0 Å². The van der Waals surface area contributed by atoms with Crippen LogP contribution in [0.4, 0.5) is 0 Å². The van der Waals surface area contributed by atoms with E-state index in [2.05, 4.69) is 10.6 Å². The molecule has 0 bridgehead atoms. The first-order valence-electron chi connectivity index (χ1n) is 5.29. The van der Waals surface area contributed by atoms with E-state index in [1.165, 1.54) is 0 Å². The van der Waals surface area contributed by atoms with Gasteiger partial charge in [-0.15, -0.1) is 0 Å². The summed E-state index contributed by atoms with van der Waals surface area (Å²) in [5.41, 5.74) is 5.22. The first-order chi connectivity index (χ1) is 7.06. The summed E-state index contributed by atoms with van der Waals surface area (Å²) in [6, 6.07) is 0. The summed E-state index contributed by atoms with van der Waals surface area (Å²) in [7, 11) is 0. The highest BCUT2D eigenvalue weighted by atomic mass is 16.2. The minimum atomic E-state index is -0.0784. The molecule has 0 aromatic heterocycles. The molecule has 0 saturated heterocycles. The normalized spacial score (nSPS) is 10.1. The molecule has 0 aliphatic heterocycles. The van der Waals surface area contributed by atoms with Crippen LogP contribution in [0.5, 0.6) is 0 Å². The maximum Gasteiger partial charge on any atom is 0.221 e. The quantitative estimate of drug-likeness (QED) is 0.541. The molecule has 5 heteroatoms. The van der Waals surface area contributed by atoms with E-state index < -0.39 is 0 Å². The van der Waals surface area contributed by atoms with Gasteiger partial charge in [-0.3, -0.25) is 9.59 Å². The number of rotatable bonds is 7. The van der Waals surface area contributed by atoms with Crippen LogP contribution in [0.2, 0.25) is 0 Å². The maximum atomic E-state index is 11.2. The van der Waals surface area contributed by atoms with E-state index in [4.69, 9.17) is 5.73 Å². The third-order valence-corrected chi connectivity index (χ3v) is 1.73. The Bertz CT molecular complexity index is 205. The van der Waals surface area contributed by atoms with Crippen molar-refractivity contribution >= 4 is 11.8 Å². The molecule has 0 aromatic carbocycles. The molecule has 0 aliphatic rings. The number of carbonyl (C=O) groups is 2. The van der Waals surface area contributed by atoms with Crippen LogP contribution in [-0.4, -0.2) is 31.4 Å². The smallest absolute Gasteiger partial charge is 0.221 e. The van der Waals surface area contributed by atoms with Crippen LogP contribution >= 0.6 is 0 Å². The van der Waals surface area contributed by atoms with Gasteiger partial charge in [0.1, 0.15) is 0 Å². The molecule has 0 atom stereocenters. The summed E-state index contributed by atoms with van der Waals surface area (Å²) in [4.78, 5) is 22.3. The van der Waals surface area contributed by atoms with Crippen molar-refractivity contribution in [2.24, 2.45) is 11.7 Å². The fourth-order valence-electron chi connectivity index (χ4n) is 1.06. The van der Waals surface area contributed by atoms with Crippen LogP contribution < -0.4 is 16.4 Å². The Morgan fingerprint density at radius 3 is 2.27 bits per heavy atom. The van der Waals surface area contributed by atoms with Crippen molar-refractivity contribution in [1.82, 2.24) is 10.6 Å². The minimum Gasteiger partial charge on any atom is -0.356 e. The summed E-state index contributed by atoms with van der Waals surface area (Å²) in [5, 5.41) is 5.32. The molecular weight excluding hydrogens is 194 g/mol. The van der Waals surface area contributed by atoms with E-state index in [1.807, 2.05) is 13.8 Å². The predicted octanol–water partition coefficient (Wildman–Crippen LogP) is -0.386. The average molecular weight is 215 g/mol. The Hall–Kier alpha value is -1.10. The summed E-state index contributed by atoms with van der Waals surface area (Å²) in [6.07, 6.45) is 0.814. The monoisotopic (exact) mass is 215 g/mol. The second kappa shape index (κ2) is 8.23. The van der Waals surface area contributed by atoms with E-state index in [0.717, 1.165) is 0 Å². The van der Waals surface area contributed by atoms with Crippen LogP contribution in [0, 0.1) is 5.92 Å². The zero-order valence-electron chi connectivity index (χ0n) is 9.51. The van der Waals surface area contributed by atoms with Crippen molar-refractivity contribution in [2.75, 3.05) is 19.6 Å². The van der Waals surface area contributed by atoms with Crippen LogP contribution in [-0.2, 0) is 9.59 Å². The molecule has 2 amide bonds. The fourth-order valence-corrected chi connectivity index (χ4v) is 1.06. The fraction of sp³-hybridized carbons (Fsp3) is 0.800. The molecule has 4 N–H and O–H groups in total. The largest absolute Gasteiger partial charge is 0.356 e. The molecule has 0 radical (unpaired) electrons. The van der Waals surface area contributed by atoms with Gasteiger partial charge in [0.05, 0.1) is 0 Å². The molecule has 88 valence electrons. The van der Waals surface area contributed by atoms with Gasteiger partial charge >= 0.3 is 0 Å². The minimum absolute atomic E-state index is 0.00313. The summed E-state index contributed by atoms with van der Waals surface area (Å²) in [6.45, 7) is 5.27. The molecule has 0 heterocycles. The van der Waals surface area contributed by atoms with Gasteiger partial charge in [0.25, 0.3) is 0 Å². The first-order valence-corrected chi connectivity index (χ1v) is 5.29. The lowest BCUT2D eigenvalue weighted by molar-refractivity contribution is -0.122. The zero-order valence-corrected chi connectivity index (χ0v) is 9.51. The van der Waals surface area contributed by atoms with Crippen molar-refractivity contribution in [3.63, 3.8) is 0 Å². The number of nitrogens with two attached hydrogens (primary N) is 1. The van der Waals surface area contributed by atoms with Crippen LogP contribution in [0.15, 0.2) is 0 Å². The van der Waals surface area contributed by atoms with E-state index >= 15 is 0 Å². The van der Waals surface area contributed by atoms with E-state index in [-0.39, 0.29) is 11.8 Å². The summed E-state index contributed by atoms with van der Waals surface area (Å²) in [5.74, 6) is 0.262. The Labute approximate surface area is 90.8 Å². The van der Waals surface area contributed by atoms with Gasteiger partial charge in [-0.2, -0.15) is 0 Å². The molecule has 0 rings (SSSR count). The highest BCUT2D eigenvalue weighted by Crippen LogP contribution is 1.97. The van der Waals surface area contributed by atoms with Gasteiger partial charge in [0.15, 0.2) is 0 Å². The predicted molar refractivity (Wildman–Crippen MR) is 59.1 cm³/mol. The molecule has 0 unspecified atom stereocenters. The maximum absolute atomic E-state index is 11.2. The van der Waals surface area contributed by atoms with E-state index in [1.54, 1.807) is 0 Å². The van der Waals surface area contributed by atoms with Crippen molar-refractivity contribution in [3.8, 4) is 0 Å². The third kappa shape index (κ3) is 9.21. The third-order valence-electron chi connectivity index (χ3n) is 1.73. The number of amides is 2. The van der Waals surface area contributed by atoms with Gasteiger partial charge in [-0.1, -0.05) is 13.8 Å². The lowest BCUT2D eigenvalue weighted by Crippen LogP contribution is -2.33. The highest BCUT2D eigenvalue weighted by molar-refractivity contribution is 5.78. The standard InChI is InChI=1S/C10H21N3O2/c1-8(2)7-10(15)12-5-3-9(14)13-6-4-11/h8H,3-7,11H2,1-2H3,(H,12,15)(H,13,14). The van der Waals surface area contributed by atoms with Gasteiger partial charge in [-0.05, 0) is 5.92 Å². The lowest BCUT2D eigenvalue weighted by Gasteiger charge is -2.07. The van der Waals surface area contributed by atoms with Crippen LogP contribution in [0.25, 0.3) is 0 Å². The van der Waals surface area contributed by atoms with Gasteiger partial charge < -0.3 is 16.4 Å². The molecule has 15 heavy (non-hydrogen) atoms. The Kier molecular flexibility index (Phi) is 7.62. The molecule has 0 fully saturated rings. The number of hydrogen-bond acceptors (Lipinski definition) is 3. The molecular formula is C10H21N3O2. The number of carbonyl (C=O) groups excluding carboxylic acids is 2. The first kappa shape index (κ1) is 13.9. The van der Waals surface area contributed by atoms with Crippen molar-refractivity contribution < 1.29 is 9.59 Å². The lowest BCUT2D eigenvalue weighted by atomic mass is 10.1. The topological polar surface area (TPSA) is 84.2 Å². The second-order valence-corrected chi connectivity index (χ2v) is 3.84. The van der Waals surface area contributed by atoms with Crippen molar-refractivity contribution in [3.05, 3.63) is 0 Å². The van der Waals surface area contributed by atoms with Gasteiger partial charge in [0, 0.05) is 32.5 Å². The molecule has 0 aromatic rings. The molecule has 5 nitrogen and oxygen atoms in total. The average Bonchev–Trinajstić information content (AvgIpc) is 2.13. The van der Waals surface area contributed by atoms with Crippen molar-refractivity contribution in [2.45, 2.75) is 26.7 Å². The number of hydrogen-bond donors (Lipinski definition) is 3. The highest BCUT2D eigenvalue weighted by Gasteiger charge is 2.05. The Balaban J connectivity index is 3.44. The van der Waals surface area contributed by atoms with Crippen LogP contribution in [0.3, 0.4) is 0 Å². The Morgan fingerprint density at radius 1 is 1.13 bits per heavy atom.